The second-order valence-electron chi connectivity index (χ2n) is 6.82. The van der Waals surface area contributed by atoms with Crippen LogP contribution in [0.2, 0.25) is 5.02 Å². The van der Waals surface area contributed by atoms with Crippen LogP contribution in [0.1, 0.15) is 19.8 Å². The van der Waals surface area contributed by atoms with E-state index < -0.39 is 32.5 Å². The second kappa shape index (κ2) is 9.64. The van der Waals surface area contributed by atoms with E-state index in [1.54, 1.807) is 23.9 Å². The van der Waals surface area contributed by atoms with Crippen LogP contribution < -0.4 is 5.32 Å². The van der Waals surface area contributed by atoms with Crippen LogP contribution in [-0.4, -0.2) is 37.5 Å². The van der Waals surface area contributed by atoms with Gasteiger partial charge >= 0.3 is 0 Å². The molecule has 1 aliphatic heterocycles. The number of carbonyl (C=O) groups is 1. The monoisotopic (exact) mass is 474 g/mol. The van der Waals surface area contributed by atoms with Crippen molar-refractivity contribution < 1.29 is 22.0 Å². The molecule has 2 aromatic carbocycles. The third-order valence-electron chi connectivity index (χ3n) is 4.84. The zero-order chi connectivity index (χ0) is 21.9. The van der Waals surface area contributed by atoms with Crippen LogP contribution in [-0.2, 0) is 14.8 Å². The van der Waals surface area contributed by atoms with Crippen molar-refractivity contribution in [3.8, 4) is 0 Å². The van der Waals surface area contributed by atoms with Crippen LogP contribution in [0.5, 0.6) is 0 Å². The van der Waals surface area contributed by atoms with Crippen LogP contribution in [0.25, 0.3) is 0 Å². The lowest BCUT2D eigenvalue weighted by atomic mass is 9.97. The van der Waals surface area contributed by atoms with Gasteiger partial charge in [0.05, 0.1) is 5.69 Å². The molecule has 0 unspecified atom stereocenters. The molecular weight excluding hydrogens is 454 g/mol. The maximum atomic E-state index is 14.0. The second-order valence-corrected chi connectivity index (χ2v) is 10.5. The summed E-state index contributed by atoms with van der Waals surface area (Å²) < 4.78 is 53.8. The van der Waals surface area contributed by atoms with Crippen LogP contribution in [0.4, 0.5) is 14.5 Å². The molecule has 1 aliphatic rings. The van der Waals surface area contributed by atoms with Gasteiger partial charge in [-0.15, -0.1) is 11.8 Å². The van der Waals surface area contributed by atoms with Crippen molar-refractivity contribution in [2.75, 3.05) is 24.2 Å². The summed E-state index contributed by atoms with van der Waals surface area (Å²) in [5.41, 5.74) is 0.622. The molecule has 1 saturated heterocycles. The Bertz CT molecular complexity index is 1040. The van der Waals surface area contributed by atoms with E-state index in [1.165, 1.54) is 0 Å². The predicted molar refractivity (Wildman–Crippen MR) is 114 cm³/mol. The van der Waals surface area contributed by atoms with E-state index in [0.29, 0.717) is 16.8 Å². The third kappa shape index (κ3) is 5.14. The zero-order valence-electron chi connectivity index (χ0n) is 16.2. The fourth-order valence-electron chi connectivity index (χ4n) is 3.29. The minimum Gasteiger partial charge on any atom is -0.325 e. The minimum atomic E-state index is -4.18. The molecule has 0 aromatic heterocycles. The number of piperidine rings is 1. The SMILES string of the molecule is CCSc1ccc(Cl)cc1NC(=O)C1CCN(S(=O)(=O)c2cc(F)ccc2F)CC1. The van der Waals surface area contributed by atoms with Crippen molar-refractivity contribution in [2.24, 2.45) is 5.92 Å². The lowest BCUT2D eigenvalue weighted by molar-refractivity contribution is -0.120. The summed E-state index contributed by atoms with van der Waals surface area (Å²) in [6.45, 7) is 2.09. The number of anilines is 1. The number of nitrogens with zero attached hydrogens (tertiary/aromatic N) is 1. The Hall–Kier alpha value is -1.68. The predicted octanol–water partition coefficient (Wildman–Crippen LogP) is 4.77. The summed E-state index contributed by atoms with van der Waals surface area (Å²) in [4.78, 5) is 12.9. The number of sulfonamides is 1. The van der Waals surface area contributed by atoms with Crippen molar-refractivity contribution in [3.63, 3.8) is 0 Å². The van der Waals surface area contributed by atoms with Gasteiger partial charge in [-0.25, -0.2) is 17.2 Å². The molecule has 162 valence electrons. The van der Waals surface area contributed by atoms with Gasteiger partial charge in [0.25, 0.3) is 0 Å². The molecule has 1 N–H and O–H groups in total. The summed E-state index contributed by atoms with van der Waals surface area (Å²) in [5.74, 6) is -1.61. The van der Waals surface area contributed by atoms with E-state index in [9.17, 15) is 22.0 Å². The lowest BCUT2D eigenvalue weighted by Crippen LogP contribution is -2.41. The summed E-state index contributed by atoms with van der Waals surface area (Å²) in [5, 5.41) is 3.39. The maximum absolute atomic E-state index is 14.0. The lowest BCUT2D eigenvalue weighted by Gasteiger charge is -2.30. The molecule has 1 heterocycles. The van der Waals surface area contributed by atoms with Gasteiger partial charge in [-0.3, -0.25) is 4.79 Å². The first-order valence-corrected chi connectivity index (χ1v) is 12.2. The van der Waals surface area contributed by atoms with E-state index in [4.69, 9.17) is 11.6 Å². The molecular formula is C20H21ClF2N2O3S2. The Balaban J connectivity index is 1.68. The van der Waals surface area contributed by atoms with Crippen molar-refractivity contribution >= 4 is 45.0 Å². The molecule has 0 spiro atoms. The molecule has 30 heavy (non-hydrogen) atoms. The van der Waals surface area contributed by atoms with Gasteiger partial charge in [-0.2, -0.15) is 4.31 Å². The van der Waals surface area contributed by atoms with E-state index in [0.717, 1.165) is 27.1 Å². The van der Waals surface area contributed by atoms with Crippen LogP contribution >= 0.6 is 23.4 Å². The number of nitrogens with one attached hydrogen (secondary N) is 1. The molecule has 0 bridgehead atoms. The van der Waals surface area contributed by atoms with E-state index in [1.807, 2.05) is 13.0 Å². The fourth-order valence-corrected chi connectivity index (χ4v) is 5.75. The average Bonchev–Trinajstić information content (AvgIpc) is 2.72. The summed E-state index contributed by atoms with van der Waals surface area (Å²) in [6, 6.07) is 7.61. The first-order chi connectivity index (χ1) is 14.2. The van der Waals surface area contributed by atoms with Gasteiger partial charge in [0, 0.05) is 28.9 Å². The maximum Gasteiger partial charge on any atom is 0.246 e. The molecule has 0 atom stereocenters. The number of benzene rings is 2. The third-order valence-corrected chi connectivity index (χ3v) is 7.94. The van der Waals surface area contributed by atoms with Gasteiger partial charge in [0.1, 0.15) is 16.5 Å². The largest absolute Gasteiger partial charge is 0.325 e. The summed E-state index contributed by atoms with van der Waals surface area (Å²) in [6.07, 6.45) is 0.553. The van der Waals surface area contributed by atoms with E-state index in [-0.39, 0.29) is 31.8 Å². The molecule has 0 aliphatic carbocycles. The van der Waals surface area contributed by atoms with Crippen LogP contribution in [0, 0.1) is 17.6 Å². The fraction of sp³-hybridized carbons (Fsp3) is 0.350. The molecule has 10 heteroatoms. The summed E-state index contributed by atoms with van der Waals surface area (Å²) >= 11 is 7.62. The van der Waals surface area contributed by atoms with Gasteiger partial charge in [0.2, 0.25) is 15.9 Å². The Kier molecular flexibility index (Phi) is 7.38. The topological polar surface area (TPSA) is 66.5 Å². The molecule has 0 radical (unpaired) electrons. The van der Waals surface area contributed by atoms with Crippen molar-refractivity contribution in [2.45, 2.75) is 29.6 Å². The van der Waals surface area contributed by atoms with Gasteiger partial charge in [0.15, 0.2) is 0 Å². The van der Waals surface area contributed by atoms with Gasteiger partial charge in [-0.1, -0.05) is 18.5 Å². The number of carbonyl (C=O) groups excluding carboxylic acids is 1. The smallest absolute Gasteiger partial charge is 0.246 e. The quantitative estimate of drug-likeness (QED) is 0.612. The Morgan fingerprint density at radius 3 is 2.57 bits per heavy atom. The molecule has 1 amide bonds. The molecule has 5 nitrogen and oxygen atoms in total. The van der Waals surface area contributed by atoms with E-state index >= 15 is 0 Å². The highest BCUT2D eigenvalue weighted by Crippen LogP contribution is 2.31. The first-order valence-electron chi connectivity index (χ1n) is 9.40. The van der Waals surface area contributed by atoms with Crippen molar-refractivity contribution in [3.05, 3.63) is 53.1 Å². The minimum absolute atomic E-state index is 0.0441. The zero-order valence-corrected chi connectivity index (χ0v) is 18.6. The highest BCUT2D eigenvalue weighted by atomic mass is 35.5. The molecule has 0 saturated carbocycles. The normalized spacial score (nSPS) is 15.9. The van der Waals surface area contributed by atoms with Crippen molar-refractivity contribution in [1.82, 2.24) is 4.31 Å². The molecule has 2 aromatic rings. The Labute approximate surface area is 183 Å². The van der Waals surface area contributed by atoms with Gasteiger partial charge in [-0.05, 0) is 55.0 Å². The number of thioether (sulfide) groups is 1. The average molecular weight is 475 g/mol. The summed E-state index contributed by atoms with van der Waals surface area (Å²) in [7, 11) is -4.18. The highest BCUT2D eigenvalue weighted by molar-refractivity contribution is 7.99. The first kappa shape index (κ1) is 23.0. The number of hydrogen-bond acceptors (Lipinski definition) is 4. The molecule has 3 rings (SSSR count). The number of halogens is 3. The molecule has 1 fully saturated rings. The van der Waals surface area contributed by atoms with Crippen molar-refractivity contribution in [1.29, 1.82) is 0 Å². The van der Waals surface area contributed by atoms with Crippen LogP contribution in [0.15, 0.2) is 46.2 Å². The number of rotatable bonds is 6. The highest BCUT2D eigenvalue weighted by Gasteiger charge is 2.34. The van der Waals surface area contributed by atoms with Gasteiger partial charge < -0.3 is 5.32 Å². The van der Waals surface area contributed by atoms with Crippen LogP contribution in [0.3, 0.4) is 0 Å². The van der Waals surface area contributed by atoms with E-state index in [2.05, 4.69) is 5.32 Å². The Morgan fingerprint density at radius 2 is 1.90 bits per heavy atom. The number of amides is 1. The Morgan fingerprint density at radius 1 is 1.20 bits per heavy atom. The standard InChI is InChI=1S/C20H21ClF2N2O3S2/c1-2-29-18-6-3-14(21)11-17(18)24-20(26)13-7-9-25(10-8-13)30(27,28)19-12-15(22)4-5-16(19)23/h3-6,11-13H,2,7-10H2,1H3,(H,24,26). The number of hydrogen-bond donors (Lipinski definition) is 1.